The molecular weight excluding hydrogens is 442 g/mol. The molecule has 0 radical (unpaired) electrons. The average Bonchev–Trinajstić information content (AvgIpc) is 3.38. The summed E-state index contributed by atoms with van der Waals surface area (Å²) in [5.74, 6) is -0.862. The van der Waals surface area contributed by atoms with Crippen molar-refractivity contribution in [2.75, 3.05) is 25.4 Å². The molecule has 4 rings (SSSR count). The summed E-state index contributed by atoms with van der Waals surface area (Å²) in [5.41, 5.74) is 13.4. The fourth-order valence-corrected chi connectivity index (χ4v) is 4.09. The van der Waals surface area contributed by atoms with Gasteiger partial charge in [0.15, 0.2) is 17.7 Å². The number of ether oxygens (including phenoxy) is 1. The van der Waals surface area contributed by atoms with E-state index >= 15 is 0 Å². The lowest BCUT2D eigenvalue weighted by Gasteiger charge is -2.27. The molecule has 12 nitrogen and oxygen atoms in total. The number of aliphatic carboxylic acids is 1. The Kier molecular flexibility index (Phi) is 7.34. The van der Waals surface area contributed by atoms with Crippen LogP contribution in [-0.4, -0.2) is 89.7 Å². The average molecular weight is 472 g/mol. The Bertz CT molecular complexity index is 1110. The minimum absolute atomic E-state index is 0.204. The Morgan fingerprint density at radius 1 is 1.15 bits per heavy atom. The van der Waals surface area contributed by atoms with E-state index in [0.29, 0.717) is 24.3 Å². The molecule has 182 valence electrons. The van der Waals surface area contributed by atoms with Crippen LogP contribution in [0.4, 0.5) is 5.82 Å². The molecule has 5 atom stereocenters. The van der Waals surface area contributed by atoms with E-state index in [2.05, 4.69) is 15.0 Å². The maximum absolute atomic E-state index is 11.2. The number of carboxylic acids is 1. The lowest BCUT2D eigenvalue weighted by Crippen LogP contribution is -2.43. The van der Waals surface area contributed by atoms with E-state index in [1.807, 2.05) is 35.2 Å². The summed E-state index contributed by atoms with van der Waals surface area (Å²) >= 11 is 0. The van der Waals surface area contributed by atoms with Gasteiger partial charge in [0, 0.05) is 19.6 Å². The third-order valence-corrected chi connectivity index (χ3v) is 6.07. The summed E-state index contributed by atoms with van der Waals surface area (Å²) in [7, 11) is 0. The number of imidazole rings is 1. The fourth-order valence-electron chi connectivity index (χ4n) is 4.09. The summed E-state index contributed by atoms with van der Waals surface area (Å²) in [4.78, 5) is 25.4. The van der Waals surface area contributed by atoms with Crippen LogP contribution in [-0.2, 0) is 16.0 Å². The molecule has 1 aliphatic rings. The second-order valence-corrected chi connectivity index (χ2v) is 8.40. The first-order chi connectivity index (χ1) is 16.3. The third kappa shape index (κ3) is 5.16. The molecule has 1 saturated heterocycles. The van der Waals surface area contributed by atoms with Crippen LogP contribution >= 0.6 is 0 Å². The zero-order chi connectivity index (χ0) is 24.2. The Balaban J connectivity index is 1.48. The van der Waals surface area contributed by atoms with Gasteiger partial charge < -0.3 is 36.4 Å². The molecule has 12 heteroatoms. The Morgan fingerprint density at radius 3 is 2.65 bits per heavy atom. The van der Waals surface area contributed by atoms with Gasteiger partial charge in [-0.05, 0) is 18.4 Å². The van der Waals surface area contributed by atoms with Crippen LogP contribution < -0.4 is 11.5 Å². The number of hydrogen-bond donors (Lipinski definition) is 5. The van der Waals surface area contributed by atoms with Crippen LogP contribution in [0.3, 0.4) is 0 Å². The zero-order valence-electron chi connectivity index (χ0n) is 18.5. The van der Waals surface area contributed by atoms with Crippen molar-refractivity contribution in [3.63, 3.8) is 0 Å². The number of carboxylic acid groups (broad SMARTS) is 1. The number of aliphatic hydroxyl groups excluding tert-OH is 2. The first-order valence-corrected chi connectivity index (χ1v) is 11.0. The van der Waals surface area contributed by atoms with Crippen LogP contribution in [0.1, 0.15) is 18.2 Å². The minimum atomic E-state index is -1.23. The SMILES string of the molecule is Nc1ncnc2c1ncn2[C@@H]1O[C@H](CN(CCc2ccccc2)CC[C@H](N)C(=O)O)[C@@H](O)[C@H]1O. The van der Waals surface area contributed by atoms with Crippen LogP contribution in [0.25, 0.3) is 11.2 Å². The highest BCUT2D eigenvalue weighted by molar-refractivity contribution is 5.81. The van der Waals surface area contributed by atoms with E-state index in [4.69, 9.17) is 21.3 Å². The van der Waals surface area contributed by atoms with Crippen LogP contribution in [0.15, 0.2) is 43.0 Å². The molecule has 1 fully saturated rings. The van der Waals surface area contributed by atoms with Gasteiger partial charge in [-0.3, -0.25) is 9.36 Å². The maximum Gasteiger partial charge on any atom is 0.320 e. The largest absolute Gasteiger partial charge is 0.480 e. The molecule has 7 N–H and O–H groups in total. The van der Waals surface area contributed by atoms with Crippen molar-refractivity contribution < 1.29 is 24.9 Å². The number of carbonyl (C=O) groups is 1. The highest BCUT2D eigenvalue weighted by Crippen LogP contribution is 2.32. The number of hydrogen-bond acceptors (Lipinski definition) is 10. The molecule has 34 heavy (non-hydrogen) atoms. The van der Waals surface area contributed by atoms with Gasteiger partial charge in [-0.2, -0.15) is 0 Å². The van der Waals surface area contributed by atoms with Crippen molar-refractivity contribution in [1.82, 2.24) is 24.4 Å². The van der Waals surface area contributed by atoms with E-state index < -0.39 is 36.6 Å². The topological polar surface area (TPSA) is 186 Å². The fraction of sp³-hybridized carbons (Fsp3) is 0.455. The van der Waals surface area contributed by atoms with Crippen molar-refractivity contribution in [2.24, 2.45) is 5.73 Å². The number of aliphatic hydroxyl groups is 2. The predicted octanol–water partition coefficient (Wildman–Crippen LogP) is -0.626. The van der Waals surface area contributed by atoms with Gasteiger partial charge in [0.25, 0.3) is 0 Å². The molecule has 3 heterocycles. The van der Waals surface area contributed by atoms with Gasteiger partial charge in [-0.25, -0.2) is 15.0 Å². The summed E-state index contributed by atoms with van der Waals surface area (Å²) in [6.07, 6.45) is -0.351. The highest BCUT2D eigenvalue weighted by Gasteiger charge is 2.44. The molecule has 1 aliphatic heterocycles. The van der Waals surface area contributed by atoms with E-state index in [9.17, 15) is 15.0 Å². The number of fused-ring (bicyclic) bond motifs is 1. The first kappa shape index (κ1) is 24.0. The van der Waals surface area contributed by atoms with Gasteiger partial charge in [0.2, 0.25) is 0 Å². The van der Waals surface area contributed by atoms with Crippen molar-refractivity contribution in [2.45, 2.75) is 43.4 Å². The molecule has 3 aromatic rings. The number of benzene rings is 1. The first-order valence-electron chi connectivity index (χ1n) is 11.0. The lowest BCUT2D eigenvalue weighted by atomic mass is 10.1. The zero-order valence-corrected chi connectivity index (χ0v) is 18.5. The van der Waals surface area contributed by atoms with Gasteiger partial charge in [-0.15, -0.1) is 0 Å². The summed E-state index contributed by atoms with van der Waals surface area (Å²) in [5, 5.41) is 30.6. The second kappa shape index (κ2) is 10.4. The van der Waals surface area contributed by atoms with Crippen molar-refractivity contribution in [3.8, 4) is 0 Å². The number of nitrogen functional groups attached to an aromatic ring is 1. The Labute approximate surface area is 195 Å². The van der Waals surface area contributed by atoms with Crippen LogP contribution in [0.5, 0.6) is 0 Å². The quantitative estimate of drug-likeness (QED) is 0.253. The Morgan fingerprint density at radius 2 is 1.91 bits per heavy atom. The standard InChI is InChI=1S/C22H29N7O5/c23-14(22(32)33)7-9-28(8-6-13-4-2-1-3-5-13)10-15-17(30)18(31)21(34-15)29-12-27-16-19(24)25-11-26-20(16)29/h1-5,11-12,14-15,17-18,21,30-31H,6-10,23H2,(H,32,33)(H2,24,25,26)/t14-,15+,17+,18+,21+/m0/s1. The third-order valence-electron chi connectivity index (χ3n) is 6.07. The van der Waals surface area contributed by atoms with E-state index in [-0.39, 0.29) is 18.8 Å². The van der Waals surface area contributed by atoms with Crippen LogP contribution in [0, 0.1) is 0 Å². The van der Waals surface area contributed by atoms with Gasteiger partial charge in [0.05, 0.1) is 6.33 Å². The normalized spacial score (nSPS) is 23.5. The van der Waals surface area contributed by atoms with Crippen LogP contribution in [0.2, 0.25) is 0 Å². The Hall–Kier alpha value is -3.16. The number of anilines is 1. The molecule has 0 amide bonds. The molecule has 0 bridgehead atoms. The van der Waals surface area contributed by atoms with E-state index in [0.717, 1.165) is 12.0 Å². The second-order valence-electron chi connectivity index (χ2n) is 8.40. The number of nitrogens with two attached hydrogens (primary N) is 2. The summed E-state index contributed by atoms with van der Waals surface area (Å²) in [6.45, 7) is 1.27. The molecular formula is C22H29N7O5. The van der Waals surface area contributed by atoms with Gasteiger partial charge in [0.1, 0.15) is 36.2 Å². The smallest absolute Gasteiger partial charge is 0.320 e. The molecule has 2 aromatic heterocycles. The maximum atomic E-state index is 11.2. The van der Waals surface area contributed by atoms with Gasteiger partial charge in [-0.1, -0.05) is 30.3 Å². The van der Waals surface area contributed by atoms with E-state index in [1.165, 1.54) is 17.2 Å². The molecule has 0 aliphatic carbocycles. The van der Waals surface area contributed by atoms with Crippen molar-refractivity contribution in [1.29, 1.82) is 0 Å². The van der Waals surface area contributed by atoms with Gasteiger partial charge >= 0.3 is 5.97 Å². The lowest BCUT2D eigenvalue weighted by molar-refractivity contribution is -0.138. The predicted molar refractivity (Wildman–Crippen MR) is 122 cm³/mol. The highest BCUT2D eigenvalue weighted by atomic mass is 16.6. The molecule has 1 aromatic carbocycles. The summed E-state index contributed by atoms with van der Waals surface area (Å²) < 4.78 is 7.57. The molecule has 0 spiro atoms. The number of rotatable bonds is 10. The molecule has 0 unspecified atom stereocenters. The number of nitrogens with zero attached hydrogens (tertiary/aromatic N) is 5. The minimum Gasteiger partial charge on any atom is -0.480 e. The van der Waals surface area contributed by atoms with Crippen molar-refractivity contribution in [3.05, 3.63) is 48.5 Å². The monoisotopic (exact) mass is 471 g/mol. The molecule has 0 saturated carbocycles. The summed E-state index contributed by atoms with van der Waals surface area (Å²) in [6, 6.07) is 8.89. The van der Waals surface area contributed by atoms with Crippen molar-refractivity contribution >= 4 is 23.0 Å². The number of aromatic nitrogens is 4. The van der Waals surface area contributed by atoms with E-state index in [1.54, 1.807) is 0 Å².